The van der Waals surface area contributed by atoms with Gasteiger partial charge in [-0.25, -0.2) is 4.79 Å². The van der Waals surface area contributed by atoms with E-state index in [0.29, 0.717) is 6.54 Å². The first-order valence-corrected chi connectivity index (χ1v) is 11.7. The third-order valence-electron chi connectivity index (χ3n) is 6.31. The topological polar surface area (TPSA) is 93.5 Å². The Bertz CT molecular complexity index is 1250. The summed E-state index contributed by atoms with van der Waals surface area (Å²) in [6.07, 6.45) is 0. The van der Waals surface area contributed by atoms with Crippen LogP contribution in [0.25, 0.3) is 0 Å². The van der Waals surface area contributed by atoms with Crippen molar-refractivity contribution in [2.45, 2.75) is 52.9 Å². The van der Waals surface area contributed by atoms with Crippen molar-refractivity contribution in [1.82, 2.24) is 20.0 Å². The summed E-state index contributed by atoms with van der Waals surface area (Å²) in [4.78, 5) is 41.0. The number of ether oxygens (including phenoxy) is 1. The molecular weight excluding hydrogens is 444 g/mol. The average Bonchev–Trinajstić information content (AvgIpc) is 3.26. The molecule has 8 heteroatoms. The molecule has 0 bridgehead atoms. The fourth-order valence-electron chi connectivity index (χ4n) is 4.15. The molecule has 2 amide bonds. The molecule has 1 aliphatic rings. The number of fused-ring (bicyclic) bond motifs is 1. The first kappa shape index (κ1) is 24.2. The molecule has 0 fully saturated rings. The second-order valence-electron chi connectivity index (χ2n) is 9.11. The van der Waals surface area contributed by atoms with E-state index in [1.807, 2.05) is 62.4 Å². The molecule has 0 spiro atoms. The molecule has 35 heavy (non-hydrogen) atoms. The maximum Gasteiger partial charge on any atom is 0.358 e. The van der Waals surface area contributed by atoms with Crippen molar-refractivity contribution in [2.24, 2.45) is 0 Å². The molecule has 2 aromatic carbocycles. The van der Waals surface area contributed by atoms with Crippen LogP contribution < -0.4 is 5.32 Å². The highest BCUT2D eigenvalue weighted by molar-refractivity contribution is 6.01. The first-order valence-electron chi connectivity index (χ1n) is 11.7. The van der Waals surface area contributed by atoms with Crippen LogP contribution in [0, 0.1) is 13.8 Å². The quantitative estimate of drug-likeness (QED) is 0.530. The zero-order valence-electron chi connectivity index (χ0n) is 20.5. The Balaban J connectivity index is 1.66. The third-order valence-corrected chi connectivity index (χ3v) is 6.31. The maximum atomic E-state index is 13.6. The number of hydrogen-bond acceptors (Lipinski definition) is 5. The summed E-state index contributed by atoms with van der Waals surface area (Å²) in [6.45, 7) is 8.33. The minimum atomic E-state index is -1.22. The van der Waals surface area contributed by atoms with Gasteiger partial charge in [0.1, 0.15) is 11.2 Å². The molecule has 0 radical (unpaired) electrons. The van der Waals surface area contributed by atoms with Gasteiger partial charge in [-0.2, -0.15) is 5.10 Å². The van der Waals surface area contributed by atoms with E-state index < -0.39 is 11.5 Å². The van der Waals surface area contributed by atoms with E-state index in [0.717, 1.165) is 22.3 Å². The number of carbonyl (C=O) groups is 3. The molecule has 0 saturated carbocycles. The lowest BCUT2D eigenvalue weighted by Crippen LogP contribution is -2.63. The fraction of sp³-hybridized carbons (Fsp3) is 0.333. The molecular formula is C27H30N4O4. The van der Waals surface area contributed by atoms with Gasteiger partial charge in [-0.05, 0) is 38.8 Å². The summed E-state index contributed by atoms with van der Waals surface area (Å²) in [7, 11) is 0. The van der Waals surface area contributed by atoms with Gasteiger partial charge in [-0.3, -0.25) is 14.3 Å². The summed E-state index contributed by atoms with van der Waals surface area (Å²) < 4.78 is 6.49. The highest BCUT2D eigenvalue weighted by Gasteiger charge is 2.48. The second kappa shape index (κ2) is 9.74. The summed E-state index contributed by atoms with van der Waals surface area (Å²) >= 11 is 0. The van der Waals surface area contributed by atoms with Crippen molar-refractivity contribution < 1.29 is 19.1 Å². The van der Waals surface area contributed by atoms with Gasteiger partial charge in [-0.1, -0.05) is 59.7 Å². The zero-order chi connectivity index (χ0) is 25.2. The molecule has 1 N–H and O–H groups in total. The van der Waals surface area contributed by atoms with Crippen LogP contribution in [0.15, 0.2) is 54.6 Å². The number of nitrogens with one attached hydrogen (secondary N) is 1. The number of carbonyl (C=O) groups excluding carboxylic acids is 3. The van der Waals surface area contributed by atoms with Gasteiger partial charge < -0.3 is 15.0 Å². The summed E-state index contributed by atoms with van der Waals surface area (Å²) in [5, 5.41) is 7.28. The first-order chi connectivity index (χ1) is 16.7. The summed E-state index contributed by atoms with van der Waals surface area (Å²) in [6, 6.07) is 17.2. The van der Waals surface area contributed by atoms with Gasteiger partial charge in [0.25, 0.3) is 5.91 Å². The molecule has 1 atom stereocenters. The van der Waals surface area contributed by atoms with Crippen LogP contribution in [0.1, 0.15) is 57.1 Å². The molecule has 0 aliphatic carbocycles. The standard InChI is InChI=1S/C27H30N4O4/c1-5-35-25(33)22-14-23-24(32)30(16-21-12-8-19(3)9-13-21)27(4,17-31(23)29-22)26(34)28-15-20-10-6-18(2)7-11-20/h6-14H,5,15-17H2,1-4H3,(H,28,34). The van der Waals surface area contributed by atoms with Crippen LogP contribution in [0.2, 0.25) is 0 Å². The number of amides is 2. The van der Waals surface area contributed by atoms with E-state index in [2.05, 4.69) is 10.4 Å². The van der Waals surface area contributed by atoms with Crippen molar-refractivity contribution in [2.75, 3.05) is 6.61 Å². The highest BCUT2D eigenvalue weighted by Crippen LogP contribution is 2.30. The van der Waals surface area contributed by atoms with Gasteiger partial charge in [0.2, 0.25) is 5.91 Å². The van der Waals surface area contributed by atoms with Gasteiger partial charge in [0, 0.05) is 19.2 Å². The van der Waals surface area contributed by atoms with Crippen LogP contribution >= 0.6 is 0 Å². The van der Waals surface area contributed by atoms with Crippen molar-refractivity contribution in [3.8, 4) is 0 Å². The molecule has 1 unspecified atom stereocenters. The number of aryl methyl sites for hydroxylation is 2. The Hall–Kier alpha value is -3.94. The smallest absolute Gasteiger partial charge is 0.358 e. The Morgan fingerprint density at radius 2 is 1.63 bits per heavy atom. The molecule has 2 heterocycles. The van der Waals surface area contributed by atoms with Crippen LogP contribution in [-0.2, 0) is 29.2 Å². The minimum absolute atomic E-state index is 0.0507. The van der Waals surface area contributed by atoms with E-state index in [1.165, 1.54) is 10.7 Å². The lowest BCUT2D eigenvalue weighted by atomic mass is 9.94. The molecule has 1 aromatic heterocycles. The fourth-order valence-corrected chi connectivity index (χ4v) is 4.15. The molecule has 4 rings (SSSR count). The normalized spacial score (nSPS) is 17.1. The minimum Gasteiger partial charge on any atom is -0.461 e. The molecule has 182 valence electrons. The van der Waals surface area contributed by atoms with Gasteiger partial charge in [-0.15, -0.1) is 0 Å². The predicted octanol–water partition coefficient (Wildman–Crippen LogP) is 3.41. The second-order valence-corrected chi connectivity index (χ2v) is 9.11. The van der Waals surface area contributed by atoms with E-state index in [4.69, 9.17) is 4.74 Å². The molecule has 0 saturated heterocycles. The maximum absolute atomic E-state index is 13.6. The Morgan fingerprint density at radius 3 is 2.23 bits per heavy atom. The molecule has 8 nitrogen and oxygen atoms in total. The molecule has 3 aromatic rings. The van der Waals surface area contributed by atoms with Crippen LogP contribution in [0.3, 0.4) is 0 Å². The number of hydrogen-bond donors (Lipinski definition) is 1. The number of benzene rings is 2. The van der Waals surface area contributed by atoms with E-state index in [1.54, 1.807) is 18.7 Å². The van der Waals surface area contributed by atoms with Gasteiger partial charge >= 0.3 is 5.97 Å². The highest BCUT2D eigenvalue weighted by atomic mass is 16.5. The Labute approximate surface area is 204 Å². The van der Waals surface area contributed by atoms with Crippen molar-refractivity contribution in [3.05, 3.63) is 88.2 Å². The van der Waals surface area contributed by atoms with Crippen LogP contribution in [0.5, 0.6) is 0 Å². The Kier molecular flexibility index (Phi) is 6.73. The van der Waals surface area contributed by atoms with Crippen LogP contribution in [-0.4, -0.2) is 44.6 Å². The lowest BCUT2D eigenvalue weighted by molar-refractivity contribution is -0.133. The number of nitrogens with zero attached hydrogens (tertiary/aromatic N) is 3. The monoisotopic (exact) mass is 474 g/mol. The third kappa shape index (κ3) is 4.96. The van der Waals surface area contributed by atoms with Crippen LogP contribution in [0.4, 0.5) is 0 Å². The summed E-state index contributed by atoms with van der Waals surface area (Å²) in [5.41, 5.74) is 3.19. The van der Waals surface area contributed by atoms with Gasteiger partial charge in [0.05, 0.1) is 13.2 Å². The van der Waals surface area contributed by atoms with Crippen molar-refractivity contribution >= 4 is 17.8 Å². The van der Waals surface area contributed by atoms with E-state index >= 15 is 0 Å². The Morgan fingerprint density at radius 1 is 1.03 bits per heavy atom. The SMILES string of the molecule is CCOC(=O)c1cc2n(n1)CC(C)(C(=O)NCc1ccc(C)cc1)N(Cc1ccc(C)cc1)C2=O. The van der Waals surface area contributed by atoms with Gasteiger partial charge in [0.15, 0.2) is 5.69 Å². The van der Waals surface area contributed by atoms with E-state index in [9.17, 15) is 14.4 Å². The molecule has 1 aliphatic heterocycles. The average molecular weight is 475 g/mol. The zero-order valence-corrected chi connectivity index (χ0v) is 20.5. The number of aromatic nitrogens is 2. The largest absolute Gasteiger partial charge is 0.461 e. The number of esters is 1. The lowest BCUT2D eigenvalue weighted by Gasteiger charge is -2.43. The van der Waals surface area contributed by atoms with Crippen molar-refractivity contribution in [3.63, 3.8) is 0 Å². The predicted molar refractivity (Wildman–Crippen MR) is 131 cm³/mol. The summed E-state index contributed by atoms with van der Waals surface area (Å²) in [5.74, 6) is -1.26. The van der Waals surface area contributed by atoms with Crippen molar-refractivity contribution in [1.29, 1.82) is 0 Å². The number of rotatable bonds is 7. The van der Waals surface area contributed by atoms with E-state index in [-0.39, 0.29) is 42.9 Å².